The van der Waals surface area contributed by atoms with Gasteiger partial charge in [0.15, 0.2) is 0 Å². The molecule has 0 aromatic heterocycles. The maximum atomic E-state index is 10.7. The standard InChI is InChI=1S/C4H6ClO3P/c1-2-4-3-7-9(5,6)8-4/h2,4H,1,3H2. The van der Waals surface area contributed by atoms with E-state index in [4.69, 9.17) is 11.2 Å². The Bertz CT molecular complexity index is 169. The monoisotopic (exact) mass is 168 g/mol. The van der Waals surface area contributed by atoms with Crippen molar-refractivity contribution in [3.8, 4) is 0 Å². The number of hydrogen-bond acceptors (Lipinski definition) is 3. The summed E-state index contributed by atoms with van der Waals surface area (Å²) in [4.78, 5) is 0. The van der Waals surface area contributed by atoms with Crippen molar-refractivity contribution in [1.82, 2.24) is 0 Å². The van der Waals surface area contributed by atoms with Crippen LogP contribution in [0.4, 0.5) is 0 Å². The fraction of sp³-hybridized carbons (Fsp3) is 0.500. The van der Waals surface area contributed by atoms with Crippen molar-refractivity contribution in [3.05, 3.63) is 12.7 Å². The molecule has 0 amide bonds. The van der Waals surface area contributed by atoms with Gasteiger partial charge >= 0.3 is 6.95 Å². The van der Waals surface area contributed by atoms with E-state index in [1.165, 1.54) is 6.08 Å². The Kier molecular flexibility index (Phi) is 1.97. The lowest BCUT2D eigenvalue weighted by Gasteiger charge is -1.97. The van der Waals surface area contributed by atoms with E-state index in [-0.39, 0.29) is 12.7 Å². The van der Waals surface area contributed by atoms with Crippen LogP contribution in [0.2, 0.25) is 0 Å². The molecule has 0 radical (unpaired) electrons. The Morgan fingerprint density at radius 2 is 2.56 bits per heavy atom. The lowest BCUT2D eigenvalue weighted by atomic mass is 10.4. The van der Waals surface area contributed by atoms with Gasteiger partial charge in [0.05, 0.1) is 6.61 Å². The third-order valence-electron chi connectivity index (χ3n) is 0.917. The molecule has 0 N–H and O–H groups in total. The molecular formula is C4H6ClO3P. The lowest BCUT2D eigenvalue weighted by Crippen LogP contribution is -2.02. The van der Waals surface area contributed by atoms with Crippen molar-refractivity contribution >= 4 is 18.2 Å². The van der Waals surface area contributed by atoms with Gasteiger partial charge in [-0.25, -0.2) is 4.57 Å². The number of hydrogen-bond donors (Lipinski definition) is 0. The second-order valence-electron chi connectivity index (χ2n) is 1.61. The highest BCUT2D eigenvalue weighted by molar-refractivity contribution is 7.81. The van der Waals surface area contributed by atoms with Crippen molar-refractivity contribution in [2.24, 2.45) is 0 Å². The van der Waals surface area contributed by atoms with Crippen LogP contribution in [-0.4, -0.2) is 12.7 Å². The zero-order valence-electron chi connectivity index (χ0n) is 4.62. The first-order valence-corrected chi connectivity index (χ1v) is 4.84. The first kappa shape index (κ1) is 7.29. The smallest absolute Gasteiger partial charge is 0.294 e. The van der Waals surface area contributed by atoms with Crippen molar-refractivity contribution in [1.29, 1.82) is 0 Å². The van der Waals surface area contributed by atoms with Crippen LogP contribution in [0.5, 0.6) is 0 Å². The van der Waals surface area contributed by atoms with Crippen LogP contribution in [0.15, 0.2) is 12.7 Å². The van der Waals surface area contributed by atoms with Crippen LogP contribution in [0.1, 0.15) is 0 Å². The average molecular weight is 169 g/mol. The Balaban J connectivity index is 2.57. The van der Waals surface area contributed by atoms with Crippen LogP contribution in [0.25, 0.3) is 0 Å². The maximum Gasteiger partial charge on any atom is 0.424 e. The Morgan fingerprint density at radius 3 is 2.78 bits per heavy atom. The predicted octanol–water partition coefficient (Wildman–Crippen LogP) is 1.93. The average Bonchev–Trinajstić information content (AvgIpc) is 2.10. The summed E-state index contributed by atoms with van der Waals surface area (Å²) in [6, 6.07) is 0. The van der Waals surface area contributed by atoms with Crippen LogP contribution < -0.4 is 0 Å². The molecule has 0 aromatic carbocycles. The van der Waals surface area contributed by atoms with Crippen LogP contribution in [0.3, 0.4) is 0 Å². The minimum Gasteiger partial charge on any atom is -0.294 e. The zero-order valence-corrected chi connectivity index (χ0v) is 6.27. The van der Waals surface area contributed by atoms with Gasteiger partial charge in [-0.15, -0.1) is 6.58 Å². The number of rotatable bonds is 1. The summed E-state index contributed by atoms with van der Waals surface area (Å²) in [5.74, 6) is 0. The van der Waals surface area contributed by atoms with Gasteiger partial charge in [-0.3, -0.25) is 9.05 Å². The molecule has 1 fully saturated rings. The summed E-state index contributed by atoms with van der Waals surface area (Å²) in [6.07, 6.45) is 1.19. The van der Waals surface area contributed by atoms with Crippen molar-refractivity contribution in [2.45, 2.75) is 6.10 Å². The molecule has 1 aliphatic rings. The fourth-order valence-corrected chi connectivity index (χ4v) is 1.83. The first-order valence-electron chi connectivity index (χ1n) is 2.39. The van der Waals surface area contributed by atoms with Gasteiger partial charge in [0, 0.05) is 11.2 Å². The summed E-state index contributed by atoms with van der Waals surface area (Å²) in [5, 5.41) is 0. The Morgan fingerprint density at radius 1 is 1.89 bits per heavy atom. The van der Waals surface area contributed by atoms with Crippen molar-refractivity contribution in [3.63, 3.8) is 0 Å². The molecule has 1 aliphatic heterocycles. The molecule has 2 atom stereocenters. The molecule has 0 aliphatic carbocycles. The van der Waals surface area contributed by atoms with Gasteiger partial charge in [0.2, 0.25) is 0 Å². The molecule has 0 saturated carbocycles. The molecule has 1 saturated heterocycles. The summed E-state index contributed by atoms with van der Waals surface area (Å²) in [6.45, 7) is 0.449. The molecule has 1 rings (SSSR count). The quantitative estimate of drug-likeness (QED) is 0.443. The van der Waals surface area contributed by atoms with Gasteiger partial charge in [-0.2, -0.15) is 0 Å². The summed E-state index contributed by atoms with van der Waals surface area (Å²) in [5.41, 5.74) is 0. The van der Waals surface area contributed by atoms with E-state index < -0.39 is 6.95 Å². The van der Waals surface area contributed by atoms with Gasteiger partial charge in [-0.1, -0.05) is 6.08 Å². The molecule has 1 heterocycles. The molecule has 52 valence electrons. The summed E-state index contributed by atoms with van der Waals surface area (Å²) >= 11 is 5.20. The van der Waals surface area contributed by atoms with Gasteiger partial charge in [0.25, 0.3) is 0 Å². The molecular weight excluding hydrogens is 162 g/mol. The zero-order chi connectivity index (χ0) is 6.91. The lowest BCUT2D eigenvalue weighted by molar-refractivity contribution is 0.289. The van der Waals surface area contributed by atoms with Crippen LogP contribution >= 0.6 is 18.2 Å². The van der Waals surface area contributed by atoms with Gasteiger partial charge in [0.1, 0.15) is 6.10 Å². The molecule has 2 unspecified atom stereocenters. The topological polar surface area (TPSA) is 35.5 Å². The molecule has 5 heteroatoms. The first-order chi connectivity index (χ1) is 4.14. The van der Waals surface area contributed by atoms with E-state index in [0.29, 0.717) is 0 Å². The second-order valence-corrected chi connectivity index (χ2v) is 4.18. The molecule has 9 heavy (non-hydrogen) atoms. The normalized spacial score (nSPS) is 43.0. The molecule has 3 nitrogen and oxygen atoms in total. The van der Waals surface area contributed by atoms with E-state index in [2.05, 4.69) is 15.6 Å². The van der Waals surface area contributed by atoms with E-state index in [1.54, 1.807) is 0 Å². The number of halogens is 1. The van der Waals surface area contributed by atoms with E-state index in [9.17, 15) is 4.57 Å². The van der Waals surface area contributed by atoms with Gasteiger partial charge in [-0.05, 0) is 0 Å². The fourth-order valence-electron chi connectivity index (χ4n) is 0.496. The largest absolute Gasteiger partial charge is 0.424 e. The highest BCUT2D eigenvalue weighted by Gasteiger charge is 2.32. The SMILES string of the molecule is C=CC1COP(=O)(Cl)O1. The Hall–Kier alpha value is 0.180. The highest BCUT2D eigenvalue weighted by Crippen LogP contribution is 2.58. The minimum absolute atomic E-state index is 0.240. The van der Waals surface area contributed by atoms with Crippen LogP contribution in [0, 0.1) is 0 Å². The predicted molar refractivity (Wildman–Crippen MR) is 34.5 cm³/mol. The maximum absolute atomic E-state index is 10.7. The van der Waals surface area contributed by atoms with E-state index >= 15 is 0 Å². The third kappa shape index (κ3) is 1.80. The summed E-state index contributed by atoms with van der Waals surface area (Å²) < 4.78 is 19.9. The third-order valence-corrected chi connectivity index (χ3v) is 2.43. The molecule has 0 aromatic rings. The minimum atomic E-state index is -3.21. The second kappa shape index (κ2) is 2.43. The van der Waals surface area contributed by atoms with Crippen molar-refractivity contribution in [2.75, 3.05) is 6.61 Å². The summed E-state index contributed by atoms with van der Waals surface area (Å²) in [7, 11) is 0. The van der Waals surface area contributed by atoms with Crippen LogP contribution in [-0.2, 0) is 13.6 Å². The molecule has 0 spiro atoms. The Labute approximate surface area is 57.9 Å². The molecule has 0 bridgehead atoms. The van der Waals surface area contributed by atoms with Crippen molar-refractivity contribution < 1.29 is 13.6 Å². The highest BCUT2D eigenvalue weighted by atomic mass is 35.7. The van der Waals surface area contributed by atoms with E-state index in [0.717, 1.165) is 0 Å². The van der Waals surface area contributed by atoms with E-state index in [1.807, 2.05) is 0 Å². The van der Waals surface area contributed by atoms with Gasteiger partial charge < -0.3 is 0 Å².